The Bertz CT molecular complexity index is 669. The zero-order chi connectivity index (χ0) is 16.0. The molecule has 1 aliphatic heterocycles. The molecule has 0 unspecified atom stereocenters. The first kappa shape index (κ1) is 14.8. The van der Waals surface area contributed by atoms with E-state index in [2.05, 4.69) is 15.2 Å². The third-order valence-electron chi connectivity index (χ3n) is 3.69. The minimum Gasteiger partial charge on any atom is -0.382 e. The van der Waals surface area contributed by atoms with E-state index in [0.717, 1.165) is 12.6 Å². The summed E-state index contributed by atoms with van der Waals surface area (Å²) in [4.78, 5) is 4.24. The Kier molecular flexibility index (Phi) is 3.35. The maximum absolute atomic E-state index is 12.4. The van der Waals surface area contributed by atoms with Crippen molar-refractivity contribution >= 4 is 5.82 Å². The zero-order valence-corrected chi connectivity index (χ0v) is 11.7. The SMILES string of the molecule is CCC1(c2nc(-c3cn(CC(F)(F)F)nc3N)no2)COC1. The predicted molar refractivity (Wildman–Crippen MR) is 68.8 cm³/mol. The van der Waals surface area contributed by atoms with Gasteiger partial charge in [0.05, 0.1) is 24.2 Å². The number of hydrogen-bond donors (Lipinski definition) is 1. The van der Waals surface area contributed by atoms with Crippen LogP contribution in [0.5, 0.6) is 0 Å². The standard InChI is InChI=1S/C12H14F3N5O2/c1-2-11(5-21-6-11)10-17-9(19-22-10)7-3-20(18-8(7)16)4-12(13,14)15/h3H,2,4-6H2,1H3,(H2,16,18). The molecule has 1 saturated heterocycles. The molecule has 1 fully saturated rings. The van der Waals surface area contributed by atoms with Gasteiger partial charge in [-0.1, -0.05) is 12.1 Å². The number of ether oxygens (including phenoxy) is 1. The summed E-state index contributed by atoms with van der Waals surface area (Å²) in [6.45, 7) is 1.71. The van der Waals surface area contributed by atoms with Crippen LogP contribution in [0, 0.1) is 0 Å². The van der Waals surface area contributed by atoms with Gasteiger partial charge in [0.25, 0.3) is 0 Å². The highest BCUT2D eigenvalue weighted by atomic mass is 19.4. The molecule has 0 radical (unpaired) electrons. The normalized spacial score (nSPS) is 17.5. The maximum Gasteiger partial charge on any atom is 0.408 e. The van der Waals surface area contributed by atoms with Crippen molar-refractivity contribution < 1.29 is 22.4 Å². The topological polar surface area (TPSA) is 92.0 Å². The van der Waals surface area contributed by atoms with Gasteiger partial charge in [0, 0.05) is 6.20 Å². The molecule has 7 nitrogen and oxygen atoms in total. The Morgan fingerprint density at radius 3 is 2.68 bits per heavy atom. The van der Waals surface area contributed by atoms with E-state index in [9.17, 15) is 13.2 Å². The molecule has 22 heavy (non-hydrogen) atoms. The number of anilines is 1. The van der Waals surface area contributed by atoms with Crippen molar-refractivity contribution in [1.82, 2.24) is 19.9 Å². The van der Waals surface area contributed by atoms with Crippen LogP contribution in [-0.2, 0) is 16.7 Å². The molecule has 3 rings (SSSR count). The molecule has 0 aromatic carbocycles. The molecule has 0 aliphatic carbocycles. The van der Waals surface area contributed by atoms with Crippen LogP contribution in [0.4, 0.5) is 19.0 Å². The van der Waals surface area contributed by atoms with Crippen molar-refractivity contribution in [2.45, 2.75) is 31.5 Å². The molecule has 0 atom stereocenters. The molecule has 1 aliphatic rings. The van der Waals surface area contributed by atoms with Crippen molar-refractivity contribution in [1.29, 1.82) is 0 Å². The van der Waals surface area contributed by atoms with Crippen LogP contribution < -0.4 is 5.73 Å². The molecule has 2 aromatic heterocycles. The molecular weight excluding hydrogens is 303 g/mol. The Balaban J connectivity index is 1.87. The Labute approximate surface area is 123 Å². The quantitative estimate of drug-likeness (QED) is 0.923. The molecule has 0 amide bonds. The number of nitrogens with two attached hydrogens (primary N) is 1. The zero-order valence-electron chi connectivity index (χ0n) is 11.7. The van der Waals surface area contributed by atoms with Gasteiger partial charge >= 0.3 is 6.18 Å². The van der Waals surface area contributed by atoms with E-state index in [-0.39, 0.29) is 22.6 Å². The fourth-order valence-corrected chi connectivity index (χ4v) is 2.25. The number of hydrogen-bond acceptors (Lipinski definition) is 6. The number of rotatable bonds is 4. The molecule has 0 bridgehead atoms. The lowest BCUT2D eigenvalue weighted by Gasteiger charge is -2.36. The lowest BCUT2D eigenvalue weighted by Crippen LogP contribution is -2.46. The lowest BCUT2D eigenvalue weighted by molar-refractivity contribution is -0.142. The summed E-state index contributed by atoms with van der Waals surface area (Å²) in [5.41, 5.74) is 5.54. The first-order valence-corrected chi connectivity index (χ1v) is 6.65. The molecule has 10 heteroatoms. The largest absolute Gasteiger partial charge is 0.408 e. The number of halogens is 3. The van der Waals surface area contributed by atoms with Gasteiger partial charge in [-0.05, 0) is 6.42 Å². The minimum absolute atomic E-state index is 0.0768. The number of alkyl halides is 3. The summed E-state index contributed by atoms with van der Waals surface area (Å²) < 4.78 is 48.3. The van der Waals surface area contributed by atoms with Crippen LogP contribution >= 0.6 is 0 Å². The summed E-state index contributed by atoms with van der Waals surface area (Å²) in [5, 5.41) is 7.42. The second kappa shape index (κ2) is 4.97. The van der Waals surface area contributed by atoms with Crippen LogP contribution in [-0.4, -0.2) is 39.3 Å². The highest BCUT2D eigenvalue weighted by Crippen LogP contribution is 2.35. The first-order chi connectivity index (χ1) is 10.3. The molecule has 120 valence electrons. The highest BCUT2D eigenvalue weighted by molar-refractivity contribution is 5.66. The van der Waals surface area contributed by atoms with E-state index < -0.39 is 12.7 Å². The van der Waals surface area contributed by atoms with E-state index in [4.69, 9.17) is 15.0 Å². The summed E-state index contributed by atoms with van der Waals surface area (Å²) in [6.07, 6.45) is -2.46. The average molecular weight is 317 g/mol. The summed E-state index contributed by atoms with van der Waals surface area (Å²) in [5.74, 6) is 0.451. The highest BCUT2D eigenvalue weighted by Gasteiger charge is 2.44. The molecule has 0 saturated carbocycles. The fourth-order valence-electron chi connectivity index (χ4n) is 2.25. The van der Waals surface area contributed by atoms with Crippen molar-refractivity contribution in [3.8, 4) is 11.4 Å². The van der Waals surface area contributed by atoms with Gasteiger partial charge < -0.3 is 15.0 Å². The van der Waals surface area contributed by atoms with Crippen LogP contribution in [0.2, 0.25) is 0 Å². The van der Waals surface area contributed by atoms with Gasteiger partial charge in [0.1, 0.15) is 6.54 Å². The maximum atomic E-state index is 12.4. The molecule has 0 spiro atoms. The van der Waals surface area contributed by atoms with Crippen LogP contribution in [0.1, 0.15) is 19.2 Å². The third kappa shape index (κ3) is 2.54. The smallest absolute Gasteiger partial charge is 0.382 e. The van der Waals surface area contributed by atoms with Gasteiger partial charge in [-0.2, -0.15) is 23.3 Å². The molecule has 2 aromatic rings. The number of aromatic nitrogens is 4. The van der Waals surface area contributed by atoms with Crippen molar-refractivity contribution in [3.05, 3.63) is 12.1 Å². The lowest BCUT2D eigenvalue weighted by atomic mass is 9.83. The predicted octanol–water partition coefficient (Wildman–Crippen LogP) is 1.76. The van der Waals surface area contributed by atoms with Gasteiger partial charge in [-0.3, -0.25) is 4.68 Å². The Morgan fingerprint density at radius 1 is 1.41 bits per heavy atom. The van der Waals surface area contributed by atoms with E-state index in [1.54, 1.807) is 0 Å². The van der Waals surface area contributed by atoms with Crippen molar-refractivity contribution in [3.63, 3.8) is 0 Å². The van der Waals surface area contributed by atoms with E-state index in [0.29, 0.717) is 23.8 Å². The van der Waals surface area contributed by atoms with E-state index >= 15 is 0 Å². The molecule has 2 N–H and O–H groups in total. The summed E-state index contributed by atoms with van der Waals surface area (Å²) >= 11 is 0. The van der Waals surface area contributed by atoms with Gasteiger partial charge in [-0.25, -0.2) is 0 Å². The summed E-state index contributed by atoms with van der Waals surface area (Å²) in [7, 11) is 0. The van der Waals surface area contributed by atoms with Crippen molar-refractivity contribution in [2.24, 2.45) is 0 Å². The number of nitrogens with zero attached hydrogens (tertiary/aromatic N) is 4. The second-order valence-electron chi connectivity index (χ2n) is 5.29. The van der Waals surface area contributed by atoms with Gasteiger partial charge in [0.15, 0.2) is 5.82 Å². The third-order valence-corrected chi connectivity index (χ3v) is 3.69. The minimum atomic E-state index is -4.38. The monoisotopic (exact) mass is 317 g/mol. The number of nitrogen functional groups attached to an aromatic ring is 1. The average Bonchev–Trinajstić information content (AvgIpc) is 2.94. The first-order valence-electron chi connectivity index (χ1n) is 6.65. The van der Waals surface area contributed by atoms with Crippen molar-refractivity contribution in [2.75, 3.05) is 18.9 Å². The van der Waals surface area contributed by atoms with E-state index in [1.165, 1.54) is 0 Å². The van der Waals surface area contributed by atoms with Crippen LogP contribution in [0.3, 0.4) is 0 Å². The Morgan fingerprint density at radius 2 is 2.14 bits per heavy atom. The molecule has 3 heterocycles. The van der Waals surface area contributed by atoms with Gasteiger partial charge in [0.2, 0.25) is 11.7 Å². The van der Waals surface area contributed by atoms with Gasteiger partial charge in [-0.15, -0.1) is 0 Å². The van der Waals surface area contributed by atoms with Crippen LogP contribution in [0.25, 0.3) is 11.4 Å². The van der Waals surface area contributed by atoms with E-state index in [1.807, 2.05) is 6.92 Å². The fraction of sp³-hybridized carbons (Fsp3) is 0.583. The summed E-state index contributed by atoms with van der Waals surface area (Å²) in [6, 6.07) is 0. The Hall–Kier alpha value is -2.10. The second-order valence-corrected chi connectivity index (χ2v) is 5.29. The molecular formula is C12H14F3N5O2. The van der Waals surface area contributed by atoms with Crippen LogP contribution in [0.15, 0.2) is 10.7 Å².